The van der Waals surface area contributed by atoms with Gasteiger partial charge < -0.3 is 4.74 Å². The SMILES string of the molecule is COc1cc2ccccc2cc1CN1CCC(n2ccc(C)n2)CC1. The summed E-state index contributed by atoms with van der Waals surface area (Å²) >= 11 is 0. The molecule has 2 aromatic carbocycles. The normalized spacial score (nSPS) is 16.4. The van der Waals surface area contributed by atoms with Crippen LogP contribution in [0.2, 0.25) is 0 Å². The number of hydrogen-bond acceptors (Lipinski definition) is 3. The van der Waals surface area contributed by atoms with Crippen LogP contribution in [0, 0.1) is 6.92 Å². The topological polar surface area (TPSA) is 30.3 Å². The van der Waals surface area contributed by atoms with Crippen LogP contribution in [0.3, 0.4) is 0 Å². The van der Waals surface area contributed by atoms with E-state index in [0.717, 1.165) is 43.9 Å². The van der Waals surface area contributed by atoms with Gasteiger partial charge in [-0.15, -0.1) is 0 Å². The van der Waals surface area contributed by atoms with Crippen molar-refractivity contribution in [2.24, 2.45) is 0 Å². The number of aromatic nitrogens is 2. The highest BCUT2D eigenvalue weighted by molar-refractivity contribution is 5.85. The van der Waals surface area contributed by atoms with Crippen molar-refractivity contribution in [3.8, 4) is 5.75 Å². The molecule has 0 unspecified atom stereocenters. The monoisotopic (exact) mass is 335 g/mol. The minimum absolute atomic E-state index is 0.531. The quantitative estimate of drug-likeness (QED) is 0.716. The lowest BCUT2D eigenvalue weighted by molar-refractivity contribution is 0.172. The minimum Gasteiger partial charge on any atom is -0.496 e. The van der Waals surface area contributed by atoms with E-state index in [1.165, 1.54) is 16.3 Å². The van der Waals surface area contributed by atoms with Crippen molar-refractivity contribution < 1.29 is 4.74 Å². The van der Waals surface area contributed by atoms with Gasteiger partial charge >= 0.3 is 0 Å². The van der Waals surface area contributed by atoms with Crippen LogP contribution < -0.4 is 4.74 Å². The molecular weight excluding hydrogens is 310 g/mol. The summed E-state index contributed by atoms with van der Waals surface area (Å²) in [6.07, 6.45) is 4.41. The van der Waals surface area contributed by atoms with Gasteiger partial charge in [0.25, 0.3) is 0 Å². The molecule has 4 nitrogen and oxygen atoms in total. The maximum Gasteiger partial charge on any atom is 0.123 e. The van der Waals surface area contributed by atoms with Crippen molar-refractivity contribution in [1.82, 2.24) is 14.7 Å². The number of ether oxygens (including phenoxy) is 1. The van der Waals surface area contributed by atoms with E-state index in [1.54, 1.807) is 7.11 Å². The molecule has 0 amide bonds. The first-order valence-electron chi connectivity index (χ1n) is 9.03. The highest BCUT2D eigenvalue weighted by Gasteiger charge is 2.22. The Balaban J connectivity index is 1.47. The summed E-state index contributed by atoms with van der Waals surface area (Å²) in [5, 5.41) is 7.09. The number of nitrogens with zero attached hydrogens (tertiary/aromatic N) is 3. The Bertz CT molecular complexity index is 862. The van der Waals surface area contributed by atoms with Crippen molar-refractivity contribution >= 4 is 10.8 Å². The summed E-state index contributed by atoms with van der Waals surface area (Å²) in [6.45, 7) is 5.19. The van der Waals surface area contributed by atoms with Crippen LogP contribution in [0.4, 0.5) is 0 Å². The maximum atomic E-state index is 5.65. The molecule has 3 aromatic rings. The standard InChI is InChI=1S/C21H25N3O/c1-16-7-12-24(22-16)20-8-10-23(11-9-20)15-19-13-17-5-3-4-6-18(17)14-21(19)25-2/h3-7,12-14,20H,8-11,15H2,1-2H3. The molecule has 0 bridgehead atoms. The summed E-state index contributed by atoms with van der Waals surface area (Å²) in [7, 11) is 1.76. The van der Waals surface area contributed by atoms with Crippen LogP contribution in [0.25, 0.3) is 10.8 Å². The molecular formula is C21H25N3O. The average molecular weight is 335 g/mol. The summed E-state index contributed by atoms with van der Waals surface area (Å²) in [5.74, 6) is 0.989. The number of benzene rings is 2. The smallest absolute Gasteiger partial charge is 0.123 e. The van der Waals surface area contributed by atoms with Gasteiger partial charge in [-0.3, -0.25) is 9.58 Å². The van der Waals surface area contributed by atoms with E-state index in [1.807, 2.05) is 0 Å². The fraction of sp³-hybridized carbons (Fsp3) is 0.381. The van der Waals surface area contributed by atoms with Crippen molar-refractivity contribution in [1.29, 1.82) is 0 Å². The first kappa shape index (κ1) is 16.2. The molecule has 1 aromatic heterocycles. The third kappa shape index (κ3) is 3.40. The molecule has 0 aliphatic carbocycles. The van der Waals surface area contributed by atoms with E-state index in [4.69, 9.17) is 4.74 Å². The highest BCUT2D eigenvalue weighted by Crippen LogP contribution is 2.29. The van der Waals surface area contributed by atoms with Gasteiger partial charge in [0.2, 0.25) is 0 Å². The van der Waals surface area contributed by atoms with Crippen molar-refractivity contribution in [3.63, 3.8) is 0 Å². The Kier molecular flexibility index (Phi) is 4.45. The van der Waals surface area contributed by atoms with Crippen LogP contribution in [-0.2, 0) is 6.54 Å². The fourth-order valence-electron chi connectivity index (χ4n) is 3.80. The third-order valence-corrected chi connectivity index (χ3v) is 5.22. The summed E-state index contributed by atoms with van der Waals surface area (Å²) in [6, 6.07) is 15.5. The molecule has 1 fully saturated rings. The Morgan fingerprint density at radius 3 is 2.44 bits per heavy atom. The molecule has 4 heteroatoms. The van der Waals surface area contributed by atoms with E-state index in [2.05, 4.69) is 70.3 Å². The Labute approximate surface area is 149 Å². The predicted molar refractivity (Wildman–Crippen MR) is 101 cm³/mol. The van der Waals surface area contributed by atoms with Crippen molar-refractivity contribution in [2.45, 2.75) is 32.4 Å². The van der Waals surface area contributed by atoms with Gasteiger partial charge in [-0.1, -0.05) is 24.3 Å². The number of rotatable bonds is 4. The van der Waals surface area contributed by atoms with E-state index in [9.17, 15) is 0 Å². The molecule has 1 saturated heterocycles. The van der Waals surface area contributed by atoms with Crippen LogP contribution in [0.15, 0.2) is 48.7 Å². The molecule has 2 heterocycles. The van der Waals surface area contributed by atoms with E-state index in [-0.39, 0.29) is 0 Å². The van der Waals surface area contributed by atoms with Crippen molar-refractivity contribution in [3.05, 3.63) is 59.9 Å². The van der Waals surface area contributed by atoms with E-state index >= 15 is 0 Å². The first-order chi connectivity index (χ1) is 12.2. The number of hydrogen-bond donors (Lipinski definition) is 0. The summed E-state index contributed by atoms with van der Waals surface area (Å²) in [4.78, 5) is 2.53. The molecule has 1 aliphatic rings. The van der Waals surface area contributed by atoms with Crippen LogP contribution >= 0.6 is 0 Å². The number of methoxy groups -OCH3 is 1. The van der Waals surface area contributed by atoms with Gasteiger partial charge in [0.1, 0.15) is 5.75 Å². The lowest BCUT2D eigenvalue weighted by atomic mass is 10.0. The van der Waals surface area contributed by atoms with Gasteiger partial charge in [-0.2, -0.15) is 5.10 Å². The number of aryl methyl sites for hydroxylation is 1. The molecule has 130 valence electrons. The fourth-order valence-corrected chi connectivity index (χ4v) is 3.80. The van der Waals surface area contributed by atoms with Gasteiger partial charge in [-0.05, 0) is 48.7 Å². The molecule has 0 atom stereocenters. The maximum absolute atomic E-state index is 5.65. The lowest BCUT2D eigenvalue weighted by Gasteiger charge is -2.32. The zero-order valence-corrected chi connectivity index (χ0v) is 15.0. The summed E-state index contributed by atoms with van der Waals surface area (Å²) < 4.78 is 7.79. The first-order valence-corrected chi connectivity index (χ1v) is 9.03. The zero-order valence-electron chi connectivity index (χ0n) is 15.0. The third-order valence-electron chi connectivity index (χ3n) is 5.22. The van der Waals surface area contributed by atoms with Gasteiger partial charge in [0, 0.05) is 31.4 Å². The minimum atomic E-state index is 0.531. The number of fused-ring (bicyclic) bond motifs is 1. The molecule has 0 radical (unpaired) electrons. The van der Waals surface area contributed by atoms with Crippen LogP contribution in [-0.4, -0.2) is 34.9 Å². The largest absolute Gasteiger partial charge is 0.496 e. The van der Waals surface area contributed by atoms with Crippen molar-refractivity contribution in [2.75, 3.05) is 20.2 Å². The molecule has 0 N–H and O–H groups in total. The van der Waals surface area contributed by atoms with Crippen LogP contribution in [0.5, 0.6) is 5.75 Å². The van der Waals surface area contributed by atoms with Gasteiger partial charge in [0.05, 0.1) is 18.8 Å². The van der Waals surface area contributed by atoms with Crippen LogP contribution in [0.1, 0.15) is 30.1 Å². The second kappa shape index (κ2) is 6.89. The zero-order chi connectivity index (χ0) is 17.2. The van der Waals surface area contributed by atoms with Gasteiger partial charge in [-0.25, -0.2) is 0 Å². The highest BCUT2D eigenvalue weighted by atomic mass is 16.5. The molecule has 4 rings (SSSR count). The molecule has 25 heavy (non-hydrogen) atoms. The number of likely N-dealkylation sites (tertiary alicyclic amines) is 1. The summed E-state index contributed by atoms with van der Waals surface area (Å²) in [5.41, 5.74) is 2.37. The molecule has 0 saturated carbocycles. The second-order valence-electron chi connectivity index (χ2n) is 6.96. The number of piperidine rings is 1. The lowest BCUT2D eigenvalue weighted by Crippen LogP contribution is -2.34. The van der Waals surface area contributed by atoms with E-state index in [0.29, 0.717) is 6.04 Å². The predicted octanol–water partition coefficient (Wildman–Crippen LogP) is 4.19. The molecule has 1 aliphatic heterocycles. The Hall–Kier alpha value is -2.33. The van der Waals surface area contributed by atoms with Gasteiger partial charge in [0.15, 0.2) is 0 Å². The molecule has 0 spiro atoms. The second-order valence-corrected chi connectivity index (χ2v) is 6.96. The van der Waals surface area contributed by atoms with E-state index < -0.39 is 0 Å². The Morgan fingerprint density at radius 2 is 1.80 bits per heavy atom. The average Bonchev–Trinajstić information content (AvgIpc) is 3.08. The Morgan fingerprint density at radius 1 is 1.08 bits per heavy atom.